The highest BCUT2D eigenvalue weighted by molar-refractivity contribution is 9.10. The summed E-state index contributed by atoms with van der Waals surface area (Å²) in [6.45, 7) is 3.72. The first kappa shape index (κ1) is 35.7. The maximum Gasteiger partial charge on any atom is 0.337 e. The highest BCUT2D eigenvalue weighted by Gasteiger charge is 2.32. The van der Waals surface area contributed by atoms with Crippen molar-refractivity contribution in [3.8, 4) is 23.0 Å². The zero-order valence-corrected chi connectivity index (χ0v) is 29.0. The van der Waals surface area contributed by atoms with Crippen LogP contribution < -0.4 is 35.0 Å². The summed E-state index contributed by atoms with van der Waals surface area (Å²) in [6, 6.07) is 12.5. The van der Waals surface area contributed by atoms with Crippen molar-refractivity contribution in [2.24, 2.45) is 5.10 Å². The summed E-state index contributed by atoms with van der Waals surface area (Å²) >= 11 is 15.6. The third-order valence-corrected chi connectivity index (χ3v) is 7.93. The number of aliphatic hydroxyl groups excluding tert-OH is 1. The summed E-state index contributed by atoms with van der Waals surface area (Å²) in [5, 5.41) is 20.9. The summed E-state index contributed by atoms with van der Waals surface area (Å²) in [4.78, 5) is 24.7. The molecule has 4 N–H and O–H groups in total. The number of carbonyl (C=O) groups is 2. The van der Waals surface area contributed by atoms with E-state index in [0.29, 0.717) is 56.5 Å². The fourth-order valence-corrected chi connectivity index (χ4v) is 5.37. The van der Waals surface area contributed by atoms with Crippen LogP contribution in [0.3, 0.4) is 0 Å². The molecule has 0 fully saturated rings. The van der Waals surface area contributed by atoms with Gasteiger partial charge in [-0.15, -0.1) is 0 Å². The van der Waals surface area contributed by atoms with Crippen molar-refractivity contribution in [2.75, 3.05) is 27.4 Å². The molecule has 0 aromatic heterocycles. The number of aliphatic hydroxyl groups is 1. The number of ether oxygens (including phenoxy) is 5. The number of nitrogens with one attached hydrogen (secondary N) is 3. The molecule has 2 amide bonds. The zero-order valence-electron chi connectivity index (χ0n) is 25.9. The number of hydrogen-bond donors (Lipinski definition) is 4. The lowest BCUT2D eigenvalue weighted by atomic mass is 9.95. The second-order valence-electron chi connectivity index (χ2n) is 9.98. The van der Waals surface area contributed by atoms with E-state index in [9.17, 15) is 14.7 Å². The van der Waals surface area contributed by atoms with Crippen LogP contribution in [0.4, 0.5) is 4.79 Å². The molecule has 1 aliphatic rings. The topological polar surface area (TPSA) is 149 Å². The van der Waals surface area contributed by atoms with E-state index < -0.39 is 24.3 Å². The van der Waals surface area contributed by atoms with Crippen molar-refractivity contribution in [2.45, 2.75) is 32.7 Å². The maximum atomic E-state index is 12.5. The van der Waals surface area contributed by atoms with Crippen LogP contribution in [0.15, 0.2) is 69.4 Å². The fraction of sp³-hybridized carbons (Fsp3) is 0.281. The van der Waals surface area contributed by atoms with Crippen LogP contribution in [-0.4, -0.2) is 57.0 Å². The molecule has 3 aromatic carbocycles. The van der Waals surface area contributed by atoms with Crippen LogP contribution in [0.25, 0.3) is 0 Å². The van der Waals surface area contributed by atoms with E-state index in [1.54, 1.807) is 62.4 Å². The van der Waals surface area contributed by atoms with Gasteiger partial charge in [0.1, 0.15) is 13.2 Å². The Kier molecular flexibility index (Phi) is 12.6. The highest BCUT2D eigenvalue weighted by Crippen LogP contribution is 2.36. The first-order valence-electron chi connectivity index (χ1n) is 14.2. The Balaban J connectivity index is 1.44. The lowest BCUT2D eigenvalue weighted by molar-refractivity contribution is -0.136. The predicted octanol–water partition coefficient (Wildman–Crippen LogP) is 5.86. The summed E-state index contributed by atoms with van der Waals surface area (Å²) in [5.74, 6) is 0.977. The minimum absolute atomic E-state index is 0.185. The molecular weight excluding hydrogens is 719 g/mol. The molecule has 0 saturated carbocycles. The first-order valence-corrected chi connectivity index (χ1v) is 15.8. The summed E-state index contributed by atoms with van der Waals surface area (Å²) in [5.41, 5.74) is 5.19. The number of carbonyl (C=O) groups excluding carboxylic acids is 2. The molecule has 0 radical (unpaired) electrons. The van der Waals surface area contributed by atoms with Crippen LogP contribution in [0.1, 0.15) is 36.6 Å². The Morgan fingerprint density at radius 3 is 2.55 bits per heavy atom. The maximum absolute atomic E-state index is 12.5. The molecule has 15 heteroatoms. The molecule has 0 unspecified atom stereocenters. The lowest BCUT2D eigenvalue weighted by Gasteiger charge is -2.28. The molecule has 1 heterocycles. The molecule has 12 nitrogen and oxygen atoms in total. The van der Waals surface area contributed by atoms with Gasteiger partial charge in [-0.3, -0.25) is 5.43 Å². The molecule has 4 rings (SSSR count). The Morgan fingerprint density at radius 2 is 1.85 bits per heavy atom. The van der Waals surface area contributed by atoms with E-state index in [1.165, 1.54) is 20.4 Å². The molecule has 47 heavy (non-hydrogen) atoms. The standard InChI is InChI=1S/C32H33BrCl2N4O8/c1-5-45-25-12-19(29-28(31(41)44-4)17(2)37-32(42)38-29)7-9-24(25)46-16-27(40)39-36-14-20-11-21(33)13-26(43-3)30(20)47-15-18-6-8-22(34)23(35)10-18/h6-14,27,29,39-40H,5,15-16H2,1-4H3,(H2,37,38,42)/b36-14+/t27-,29+/m1/s1. The Labute approximate surface area is 290 Å². The van der Waals surface area contributed by atoms with Gasteiger partial charge in [0, 0.05) is 15.7 Å². The zero-order chi connectivity index (χ0) is 34.1. The van der Waals surface area contributed by atoms with Gasteiger partial charge in [-0.1, -0.05) is 51.3 Å². The quantitative estimate of drug-likeness (QED) is 0.0688. The number of hydrogen-bond acceptors (Lipinski definition) is 10. The number of nitrogens with zero attached hydrogens (tertiary/aromatic N) is 1. The average Bonchev–Trinajstić information content (AvgIpc) is 3.04. The smallest absolute Gasteiger partial charge is 0.337 e. The van der Waals surface area contributed by atoms with Crippen LogP contribution in [-0.2, 0) is 16.1 Å². The van der Waals surface area contributed by atoms with Gasteiger partial charge in [-0.2, -0.15) is 5.10 Å². The van der Waals surface area contributed by atoms with Crippen LogP contribution in [0.2, 0.25) is 10.0 Å². The normalized spacial score (nSPS) is 15.1. The molecule has 0 spiro atoms. The Hall–Kier alpha value is -4.17. The summed E-state index contributed by atoms with van der Waals surface area (Å²) in [7, 11) is 2.79. The SMILES string of the molecule is CCOc1cc([C@@H]2NC(=O)NC(C)=C2C(=O)OC)ccc1OC[C@@H](O)N/N=C/c1cc(Br)cc(OC)c1OCc1ccc(Cl)c(Cl)c1. The van der Waals surface area contributed by atoms with Crippen molar-refractivity contribution < 1.29 is 38.4 Å². The number of hydrazone groups is 1. The van der Waals surface area contributed by atoms with Gasteiger partial charge in [0.05, 0.1) is 48.7 Å². The molecule has 250 valence electrons. The van der Waals surface area contributed by atoms with Gasteiger partial charge in [-0.25, -0.2) is 9.59 Å². The number of esters is 1. The van der Waals surface area contributed by atoms with Gasteiger partial charge in [-0.05, 0) is 61.4 Å². The number of rotatable bonds is 14. The Morgan fingerprint density at radius 1 is 1.06 bits per heavy atom. The average molecular weight is 752 g/mol. The summed E-state index contributed by atoms with van der Waals surface area (Å²) < 4.78 is 28.8. The number of methoxy groups -OCH3 is 2. The fourth-order valence-electron chi connectivity index (χ4n) is 4.59. The van der Waals surface area contributed by atoms with Crippen molar-refractivity contribution in [1.82, 2.24) is 16.1 Å². The number of benzene rings is 3. The van der Waals surface area contributed by atoms with E-state index in [1.807, 2.05) is 0 Å². The van der Waals surface area contributed by atoms with Crippen molar-refractivity contribution >= 4 is 57.3 Å². The van der Waals surface area contributed by atoms with E-state index in [-0.39, 0.29) is 18.8 Å². The van der Waals surface area contributed by atoms with E-state index in [2.05, 4.69) is 37.1 Å². The van der Waals surface area contributed by atoms with E-state index in [0.717, 1.165) is 10.0 Å². The monoisotopic (exact) mass is 750 g/mol. The van der Waals surface area contributed by atoms with Gasteiger partial charge in [0.2, 0.25) is 0 Å². The minimum atomic E-state index is -1.21. The number of amides is 2. The van der Waals surface area contributed by atoms with E-state index >= 15 is 0 Å². The largest absolute Gasteiger partial charge is 0.493 e. The molecule has 0 saturated heterocycles. The van der Waals surface area contributed by atoms with E-state index in [4.69, 9.17) is 46.9 Å². The third kappa shape index (κ3) is 9.22. The van der Waals surface area contributed by atoms with Crippen LogP contribution in [0.5, 0.6) is 23.0 Å². The molecule has 3 aromatic rings. The minimum Gasteiger partial charge on any atom is -0.493 e. The molecule has 0 bridgehead atoms. The van der Waals surface area contributed by atoms with Crippen molar-refractivity contribution in [1.29, 1.82) is 0 Å². The van der Waals surface area contributed by atoms with Gasteiger partial charge >= 0.3 is 12.0 Å². The van der Waals surface area contributed by atoms with Crippen LogP contribution in [0, 0.1) is 0 Å². The third-order valence-electron chi connectivity index (χ3n) is 6.73. The highest BCUT2D eigenvalue weighted by atomic mass is 79.9. The van der Waals surface area contributed by atoms with Crippen molar-refractivity contribution in [3.05, 3.63) is 91.0 Å². The number of urea groups is 1. The lowest BCUT2D eigenvalue weighted by Crippen LogP contribution is -2.45. The van der Waals surface area contributed by atoms with Crippen LogP contribution >= 0.6 is 39.1 Å². The Bertz CT molecular complexity index is 1690. The molecule has 1 aliphatic heterocycles. The second kappa shape index (κ2) is 16.6. The first-order chi connectivity index (χ1) is 22.5. The summed E-state index contributed by atoms with van der Waals surface area (Å²) in [6.07, 6.45) is 0.262. The van der Waals surface area contributed by atoms with Gasteiger partial charge in [0.25, 0.3) is 0 Å². The molecular formula is C32H33BrCl2N4O8. The number of allylic oxidation sites excluding steroid dienone is 1. The molecule has 2 atom stereocenters. The molecule has 0 aliphatic carbocycles. The number of halogens is 3. The predicted molar refractivity (Wildman–Crippen MR) is 180 cm³/mol. The van der Waals surface area contributed by atoms with Gasteiger partial charge < -0.3 is 39.4 Å². The van der Waals surface area contributed by atoms with Gasteiger partial charge in [0.15, 0.2) is 29.2 Å². The second-order valence-corrected chi connectivity index (χ2v) is 11.7. The van der Waals surface area contributed by atoms with Crippen molar-refractivity contribution in [3.63, 3.8) is 0 Å².